The van der Waals surface area contributed by atoms with Crippen LogP contribution in [0.5, 0.6) is 0 Å². The summed E-state index contributed by atoms with van der Waals surface area (Å²) in [7, 11) is 0. The minimum absolute atomic E-state index is 0.0464. The summed E-state index contributed by atoms with van der Waals surface area (Å²) in [5.41, 5.74) is 1.08. The number of nitrogens with one attached hydrogen (secondary N) is 1. The van der Waals surface area contributed by atoms with E-state index >= 15 is 0 Å². The molecule has 1 aromatic heterocycles. The van der Waals surface area contributed by atoms with E-state index in [1.165, 1.54) is 28.1 Å². The third kappa shape index (κ3) is 5.15. The lowest BCUT2D eigenvalue weighted by molar-refractivity contribution is -0.130. The van der Waals surface area contributed by atoms with Crippen LogP contribution in [0.3, 0.4) is 0 Å². The number of carbonyl (C=O) groups is 1. The average Bonchev–Trinajstić information content (AvgIpc) is 3.49. The van der Waals surface area contributed by atoms with Crippen LogP contribution in [0, 0.1) is 0 Å². The Bertz CT molecular complexity index is 1160. The van der Waals surface area contributed by atoms with Crippen molar-refractivity contribution in [3.05, 3.63) is 58.5 Å². The summed E-state index contributed by atoms with van der Waals surface area (Å²) in [5.74, 6) is 0.364. The van der Waals surface area contributed by atoms with E-state index in [4.69, 9.17) is 4.74 Å². The van der Waals surface area contributed by atoms with Gasteiger partial charge in [-0.05, 0) is 29.2 Å². The largest absolute Gasteiger partial charge is 0.376 e. The molecule has 1 amide bonds. The quantitative estimate of drug-likeness (QED) is 0.537. The van der Waals surface area contributed by atoms with Gasteiger partial charge in [0.25, 0.3) is 0 Å². The minimum Gasteiger partial charge on any atom is -0.376 e. The molecular weight excluding hydrogens is 438 g/mol. The summed E-state index contributed by atoms with van der Waals surface area (Å²) in [4.78, 5) is 29.3. The van der Waals surface area contributed by atoms with Crippen molar-refractivity contribution in [2.75, 3.05) is 38.5 Å². The van der Waals surface area contributed by atoms with Crippen molar-refractivity contribution in [2.24, 2.45) is 0 Å². The first-order chi connectivity index (χ1) is 16.2. The summed E-state index contributed by atoms with van der Waals surface area (Å²) in [6.45, 7) is 5.25. The van der Waals surface area contributed by atoms with Gasteiger partial charge in [0.05, 0.1) is 18.4 Å². The normalized spacial score (nSPS) is 19.4. The highest BCUT2D eigenvalue weighted by Crippen LogP contribution is 2.22. The van der Waals surface area contributed by atoms with E-state index in [0.717, 1.165) is 39.1 Å². The van der Waals surface area contributed by atoms with E-state index < -0.39 is 0 Å². The molecule has 2 saturated heterocycles. The Kier molecular flexibility index (Phi) is 6.80. The summed E-state index contributed by atoms with van der Waals surface area (Å²) in [5, 5.41) is 9.73. The number of aromatic nitrogens is 3. The number of hydrogen-bond donors (Lipinski definition) is 1. The summed E-state index contributed by atoms with van der Waals surface area (Å²) in [6, 6.07) is 14.9. The monoisotopic (exact) mass is 467 g/mol. The van der Waals surface area contributed by atoms with Crippen molar-refractivity contribution in [1.29, 1.82) is 0 Å². The molecule has 9 heteroatoms. The minimum atomic E-state index is -0.248. The number of piperazine rings is 1. The molecule has 1 N–H and O–H groups in total. The fourth-order valence-electron chi connectivity index (χ4n) is 4.61. The predicted molar refractivity (Wildman–Crippen MR) is 128 cm³/mol. The number of benzene rings is 2. The summed E-state index contributed by atoms with van der Waals surface area (Å²) >= 11 is 1.32. The number of H-pyrrole nitrogens is 1. The van der Waals surface area contributed by atoms with Crippen molar-refractivity contribution < 1.29 is 9.53 Å². The Labute approximate surface area is 196 Å². The van der Waals surface area contributed by atoms with Gasteiger partial charge in [-0.2, -0.15) is 0 Å². The molecular formula is C24H29N5O3S. The van der Waals surface area contributed by atoms with Crippen LogP contribution in [-0.4, -0.2) is 75.1 Å². The zero-order valence-electron chi connectivity index (χ0n) is 18.6. The van der Waals surface area contributed by atoms with Crippen LogP contribution in [-0.2, 0) is 22.6 Å². The molecule has 8 nitrogen and oxygen atoms in total. The Balaban J connectivity index is 1.13. The van der Waals surface area contributed by atoms with Gasteiger partial charge in [-0.15, -0.1) is 5.10 Å². The third-order valence-electron chi connectivity index (χ3n) is 6.46. The van der Waals surface area contributed by atoms with Crippen molar-refractivity contribution in [1.82, 2.24) is 24.6 Å². The van der Waals surface area contributed by atoms with Gasteiger partial charge < -0.3 is 9.64 Å². The van der Waals surface area contributed by atoms with Crippen LogP contribution in [0.25, 0.3) is 10.8 Å². The van der Waals surface area contributed by atoms with Gasteiger partial charge in [0, 0.05) is 39.3 Å². The summed E-state index contributed by atoms with van der Waals surface area (Å²) in [6.07, 6.45) is 2.01. The molecule has 3 aromatic rings. The number of amides is 1. The summed E-state index contributed by atoms with van der Waals surface area (Å²) < 4.78 is 7.24. The molecule has 5 rings (SSSR count). The van der Waals surface area contributed by atoms with E-state index in [9.17, 15) is 9.59 Å². The van der Waals surface area contributed by atoms with Gasteiger partial charge in [-0.3, -0.25) is 14.3 Å². The first-order valence-electron chi connectivity index (χ1n) is 11.5. The highest BCUT2D eigenvalue weighted by Gasteiger charge is 2.24. The molecule has 1 unspecified atom stereocenters. The standard InChI is InChI=1S/C24H29N5O3S/c30-22(17-33-24-26-25-23(31)29(24)16-20-8-4-14-32-20)28-12-10-27(11-13-28)15-19-7-3-6-18-5-1-2-9-21(18)19/h1-3,5-7,9,20H,4,8,10-17H2,(H,25,31). The van der Waals surface area contributed by atoms with Crippen molar-refractivity contribution in [2.45, 2.75) is 37.2 Å². The average molecular weight is 468 g/mol. The molecule has 2 aliphatic rings. The smallest absolute Gasteiger partial charge is 0.344 e. The Morgan fingerprint density at radius 3 is 2.76 bits per heavy atom. The van der Waals surface area contributed by atoms with E-state index in [-0.39, 0.29) is 23.5 Å². The van der Waals surface area contributed by atoms with Crippen LogP contribution in [0.1, 0.15) is 18.4 Å². The van der Waals surface area contributed by atoms with Crippen molar-refractivity contribution in [3.63, 3.8) is 0 Å². The van der Waals surface area contributed by atoms with Gasteiger partial charge in [0.1, 0.15) is 0 Å². The van der Waals surface area contributed by atoms with E-state index in [1.807, 2.05) is 4.90 Å². The molecule has 0 spiro atoms. The van der Waals surface area contributed by atoms with Gasteiger partial charge in [0.15, 0.2) is 5.16 Å². The van der Waals surface area contributed by atoms with Gasteiger partial charge in [-0.1, -0.05) is 54.2 Å². The number of ether oxygens (including phenoxy) is 1. The van der Waals surface area contributed by atoms with Crippen molar-refractivity contribution in [3.8, 4) is 0 Å². The molecule has 0 bridgehead atoms. The number of thioether (sulfide) groups is 1. The molecule has 1 atom stereocenters. The predicted octanol–water partition coefficient (Wildman–Crippen LogP) is 2.34. The molecule has 2 aliphatic heterocycles. The molecule has 2 fully saturated rings. The number of hydrogen-bond acceptors (Lipinski definition) is 6. The second-order valence-electron chi connectivity index (χ2n) is 8.64. The number of aromatic amines is 1. The number of fused-ring (bicyclic) bond motifs is 1. The number of carbonyl (C=O) groups excluding carboxylic acids is 1. The Hall–Kier alpha value is -2.62. The molecule has 33 heavy (non-hydrogen) atoms. The Morgan fingerprint density at radius 2 is 1.94 bits per heavy atom. The fraction of sp³-hybridized carbons (Fsp3) is 0.458. The van der Waals surface area contributed by atoms with Gasteiger partial charge in [0.2, 0.25) is 5.91 Å². The molecule has 3 heterocycles. The van der Waals surface area contributed by atoms with Crippen LogP contribution in [0.15, 0.2) is 52.4 Å². The SMILES string of the molecule is O=C(CSc1n[nH]c(=O)n1CC1CCCO1)N1CCN(Cc2cccc3ccccc23)CC1. The maximum absolute atomic E-state index is 12.8. The Morgan fingerprint density at radius 1 is 1.12 bits per heavy atom. The molecule has 0 saturated carbocycles. The highest BCUT2D eigenvalue weighted by atomic mass is 32.2. The lowest BCUT2D eigenvalue weighted by Crippen LogP contribution is -2.48. The van der Waals surface area contributed by atoms with Crippen molar-refractivity contribution >= 4 is 28.4 Å². The lowest BCUT2D eigenvalue weighted by atomic mass is 10.0. The molecule has 0 aliphatic carbocycles. The van der Waals surface area contributed by atoms with Crippen LogP contribution in [0.4, 0.5) is 0 Å². The number of rotatable bonds is 7. The zero-order chi connectivity index (χ0) is 22.6. The maximum atomic E-state index is 12.8. The third-order valence-corrected chi connectivity index (χ3v) is 7.42. The number of nitrogens with zero attached hydrogens (tertiary/aromatic N) is 4. The second-order valence-corrected chi connectivity index (χ2v) is 9.58. The highest BCUT2D eigenvalue weighted by molar-refractivity contribution is 7.99. The molecule has 2 aromatic carbocycles. The van der Waals surface area contributed by atoms with Gasteiger partial charge >= 0.3 is 5.69 Å². The first kappa shape index (κ1) is 22.2. The van der Waals surface area contributed by atoms with E-state index in [2.05, 4.69) is 57.6 Å². The van der Waals surface area contributed by atoms with Crippen LogP contribution < -0.4 is 5.69 Å². The van der Waals surface area contributed by atoms with Crippen LogP contribution >= 0.6 is 11.8 Å². The van der Waals surface area contributed by atoms with Gasteiger partial charge in [-0.25, -0.2) is 9.89 Å². The molecule has 0 radical (unpaired) electrons. The van der Waals surface area contributed by atoms with Crippen LogP contribution in [0.2, 0.25) is 0 Å². The zero-order valence-corrected chi connectivity index (χ0v) is 19.4. The molecule has 174 valence electrons. The topological polar surface area (TPSA) is 83.5 Å². The fourth-order valence-corrected chi connectivity index (χ4v) is 5.47. The van der Waals surface area contributed by atoms with E-state index in [1.54, 1.807) is 4.57 Å². The first-order valence-corrected chi connectivity index (χ1v) is 12.5. The lowest BCUT2D eigenvalue weighted by Gasteiger charge is -2.35. The van der Waals surface area contributed by atoms with E-state index in [0.29, 0.717) is 24.8 Å². The maximum Gasteiger partial charge on any atom is 0.344 e. The second kappa shape index (κ2) is 10.1.